The van der Waals surface area contributed by atoms with E-state index < -0.39 is 29.2 Å². The molecule has 2 heterocycles. The van der Waals surface area contributed by atoms with Gasteiger partial charge in [0.1, 0.15) is 11.5 Å². The Balaban J connectivity index is 1.91. The summed E-state index contributed by atoms with van der Waals surface area (Å²) in [5, 5.41) is 2.50. The van der Waals surface area contributed by atoms with E-state index >= 15 is 0 Å². The van der Waals surface area contributed by atoms with Crippen LogP contribution in [-0.4, -0.2) is 15.5 Å². The van der Waals surface area contributed by atoms with E-state index in [0.29, 0.717) is 42.0 Å². The monoisotopic (exact) mass is 437 g/mol. The number of aromatic nitrogens is 2. The van der Waals surface area contributed by atoms with Crippen LogP contribution in [0, 0.1) is 5.82 Å². The van der Waals surface area contributed by atoms with Crippen LogP contribution in [0.2, 0.25) is 0 Å². The molecule has 1 aliphatic rings. The molecule has 25 heavy (non-hydrogen) atoms. The lowest BCUT2D eigenvalue weighted by Gasteiger charge is -2.17. The third-order valence-corrected chi connectivity index (χ3v) is 5.04. The van der Waals surface area contributed by atoms with Gasteiger partial charge in [-0.05, 0) is 24.6 Å². The van der Waals surface area contributed by atoms with Gasteiger partial charge in [-0.15, -0.1) is 0 Å². The zero-order valence-electron chi connectivity index (χ0n) is 12.3. The molecule has 1 aromatic carbocycles. The van der Waals surface area contributed by atoms with Crippen molar-refractivity contribution in [3.8, 4) is 0 Å². The maximum Gasteiger partial charge on any atom is 0.416 e. The highest BCUT2D eigenvalue weighted by molar-refractivity contribution is 9.11. The van der Waals surface area contributed by atoms with Crippen LogP contribution in [0.25, 0.3) is 5.03 Å². The molecule has 1 N–H and O–H groups in total. The topological polar surface area (TPSA) is 46.9 Å². The minimum Gasteiger partial charge on any atom is -0.319 e. The van der Waals surface area contributed by atoms with Crippen molar-refractivity contribution >= 4 is 44.2 Å². The molecule has 0 bridgehead atoms. The predicted molar refractivity (Wildman–Crippen MR) is 87.9 cm³/mol. The first-order chi connectivity index (χ1) is 11.7. The first-order valence-corrected chi connectivity index (χ1v) is 8.13. The summed E-state index contributed by atoms with van der Waals surface area (Å²) >= 11 is 9.40. The Labute approximate surface area is 152 Å². The number of carbonyl (C=O) groups excluding carboxylic acids is 1. The quantitative estimate of drug-likeness (QED) is 0.671. The molecule has 1 aliphatic heterocycles. The van der Waals surface area contributed by atoms with Gasteiger partial charge in [-0.1, -0.05) is 27.5 Å². The highest BCUT2D eigenvalue weighted by Crippen LogP contribution is 2.34. The summed E-state index contributed by atoms with van der Waals surface area (Å²) in [7, 11) is 0. The number of nitrogens with one attached hydrogen (secondary N) is 1. The van der Waals surface area contributed by atoms with E-state index in [-0.39, 0.29) is 5.69 Å². The van der Waals surface area contributed by atoms with Crippen LogP contribution >= 0.6 is 27.5 Å². The molecular weight excluding hydrogens is 430 g/mol. The molecule has 3 rings (SSSR count). The van der Waals surface area contributed by atoms with Crippen LogP contribution in [0.5, 0.6) is 0 Å². The second-order valence-electron chi connectivity index (χ2n) is 5.23. The van der Waals surface area contributed by atoms with E-state index in [1.807, 2.05) is 0 Å². The van der Waals surface area contributed by atoms with E-state index in [2.05, 4.69) is 26.2 Å². The Hall–Kier alpha value is -1.87. The Bertz CT molecular complexity index is 891. The Kier molecular flexibility index (Phi) is 4.63. The number of allylic oxidation sites excluding steroid dienone is 1. The van der Waals surface area contributed by atoms with Crippen molar-refractivity contribution in [3.63, 3.8) is 0 Å². The summed E-state index contributed by atoms with van der Waals surface area (Å²) in [6.07, 6.45) is -2.88. The molecule has 0 spiro atoms. The third-order valence-electron chi connectivity index (χ3n) is 3.62. The van der Waals surface area contributed by atoms with Gasteiger partial charge in [0.05, 0.1) is 22.5 Å². The molecule has 0 unspecified atom stereocenters. The highest BCUT2D eigenvalue weighted by Gasteiger charge is 2.31. The summed E-state index contributed by atoms with van der Waals surface area (Å²) in [6.45, 7) is 0.403. The SMILES string of the molecule is O=C(Nc1cc(C(F)(F)F)ccc1F)c1cnc2n1CCC(Br)=C2Cl. The summed E-state index contributed by atoms with van der Waals surface area (Å²) in [5.41, 5.74) is -1.55. The number of alkyl halides is 3. The number of amides is 1. The number of anilines is 1. The fraction of sp³-hybridized carbons (Fsp3) is 0.200. The van der Waals surface area contributed by atoms with E-state index in [1.165, 1.54) is 10.8 Å². The van der Waals surface area contributed by atoms with E-state index in [0.717, 1.165) is 4.48 Å². The third kappa shape index (κ3) is 3.43. The zero-order valence-corrected chi connectivity index (χ0v) is 14.6. The van der Waals surface area contributed by atoms with Crippen molar-refractivity contribution in [1.29, 1.82) is 0 Å². The van der Waals surface area contributed by atoms with Gasteiger partial charge in [0, 0.05) is 11.0 Å². The van der Waals surface area contributed by atoms with Crippen molar-refractivity contribution < 1.29 is 22.4 Å². The van der Waals surface area contributed by atoms with Crippen molar-refractivity contribution in [2.45, 2.75) is 19.1 Å². The average molecular weight is 439 g/mol. The van der Waals surface area contributed by atoms with Gasteiger partial charge in [-0.25, -0.2) is 9.37 Å². The Morgan fingerprint density at radius 2 is 2.08 bits per heavy atom. The number of carbonyl (C=O) groups is 1. The number of hydrogen-bond acceptors (Lipinski definition) is 2. The van der Waals surface area contributed by atoms with E-state index in [1.54, 1.807) is 0 Å². The molecule has 1 amide bonds. The summed E-state index contributed by atoms with van der Waals surface area (Å²) in [5.74, 6) is -1.39. The lowest BCUT2D eigenvalue weighted by atomic mass is 10.2. The molecular formula is C15H9BrClF4N3O. The second-order valence-corrected chi connectivity index (χ2v) is 6.57. The molecule has 0 aliphatic carbocycles. The summed E-state index contributed by atoms with van der Waals surface area (Å²) in [4.78, 5) is 16.4. The van der Waals surface area contributed by atoms with Crippen LogP contribution in [0.15, 0.2) is 28.9 Å². The smallest absolute Gasteiger partial charge is 0.319 e. The molecule has 0 saturated heterocycles. The van der Waals surface area contributed by atoms with Crippen LogP contribution in [0.3, 0.4) is 0 Å². The largest absolute Gasteiger partial charge is 0.416 e. The molecule has 0 fully saturated rings. The Morgan fingerprint density at radius 3 is 2.76 bits per heavy atom. The van der Waals surface area contributed by atoms with Crippen molar-refractivity contribution in [2.24, 2.45) is 0 Å². The van der Waals surface area contributed by atoms with E-state index in [9.17, 15) is 22.4 Å². The second kappa shape index (κ2) is 6.45. The summed E-state index contributed by atoms with van der Waals surface area (Å²) < 4.78 is 54.3. The zero-order chi connectivity index (χ0) is 18.4. The van der Waals surface area contributed by atoms with Crippen LogP contribution in [0.1, 0.15) is 28.3 Å². The molecule has 4 nitrogen and oxygen atoms in total. The van der Waals surface area contributed by atoms with E-state index in [4.69, 9.17) is 11.6 Å². The number of hydrogen-bond donors (Lipinski definition) is 1. The van der Waals surface area contributed by atoms with Crippen LogP contribution in [0.4, 0.5) is 23.2 Å². The highest BCUT2D eigenvalue weighted by atomic mass is 79.9. The molecule has 10 heteroatoms. The normalized spacial score (nSPS) is 14.5. The van der Waals surface area contributed by atoms with Gasteiger partial charge in [0.15, 0.2) is 5.82 Å². The van der Waals surface area contributed by atoms with Gasteiger partial charge < -0.3 is 9.88 Å². The van der Waals surface area contributed by atoms with Gasteiger partial charge in [0.25, 0.3) is 5.91 Å². The van der Waals surface area contributed by atoms with Crippen LogP contribution in [-0.2, 0) is 12.7 Å². The Morgan fingerprint density at radius 1 is 1.36 bits per heavy atom. The lowest BCUT2D eigenvalue weighted by Crippen LogP contribution is -2.20. The molecule has 1 aromatic heterocycles. The number of rotatable bonds is 2. The minimum absolute atomic E-state index is 0.0740. The fourth-order valence-corrected chi connectivity index (χ4v) is 2.98. The number of benzene rings is 1. The fourth-order valence-electron chi connectivity index (χ4n) is 2.38. The maximum atomic E-state index is 13.8. The van der Waals surface area contributed by atoms with Crippen molar-refractivity contribution in [3.05, 3.63) is 51.8 Å². The lowest BCUT2D eigenvalue weighted by molar-refractivity contribution is -0.137. The average Bonchev–Trinajstić information content (AvgIpc) is 2.96. The molecule has 0 saturated carbocycles. The molecule has 0 atom stereocenters. The molecule has 132 valence electrons. The van der Waals surface area contributed by atoms with Crippen molar-refractivity contribution in [2.75, 3.05) is 5.32 Å². The van der Waals surface area contributed by atoms with Gasteiger partial charge >= 0.3 is 6.18 Å². The van der Waals surface area contributed by atoms with Gasteiger partial charge in [-0.2, -0.15) is 13.2 Å². The molecule has 2 aromatic rings. The number of fused-ring (bicyclic) bond motifs is 1. The molecule has 0 radical (unpaired) electrons. The summed E-state index contributed by atoms with van der Waals surface area (Å²) in [6, 6.07) is 1.80. The van der Waals surface area contributed by atoms with Crippen LogP contribution < -0.4 is 5.32 Å². The first-order valence-electron chi connectivity index (χ1n) is 6.96. The van der Waals surface area contributed by atoms with Gasteiger partial charge in [-0.3, -0.25) is 4.79 Å². The number of imidazole rings is 1. The number of halogens is 6. The standard InChI is InChI=1S/C15H9BrClF4N3O/c16-8-3-4-24-11(6-22-13(24)12(8)17)14(25)23-10-5-7(15(19,20)21)1-2-9(10)18/h1-2,5-6H,3-4H2,(H,23,25). The van der Waals surface area contributed by atoms with Crippen molar-refractivity contribution in [1.82, 2.24) is 9.55 Å². The van der Waals surface area contributed by atoms with Gasteiger partial charge in [0.2, 0.25) is 0 Å². The first kappa shape index (κ1) is 17.9. The number of nitrogens with zero attached hydrogens (tertiary/aromatic N) is 2. The predicted octanol–water partition coefficient (Wildman–Crippen LogP) is 5.00. The minimum atomic E-state index is -4.65. The maximum absolute atomic E-state index is 13.8.